The lowest BCUT2D eigenvalue weighted by Crippen LogP contribution is -2.36. The van der Waals surface area contributed by atoms with E-state index in [2.05, 4.69) is 10.2 Å². The first kappa shape index (κ1) is 14.7. The fourth-order valence-electron chi connectivity index (χ4n) is 3.13. The van der Waals surface area contributed by atoms with Crippen LogP contribution in [0.2, 0.25) is 0 Å². The van der Waals surface area contributed by atoms with Crippen molar-refractivity contribution in [1.29, 1.82) is 0 Å². The maximum Gasteiger partial charge on any atom is 0.263 e. The van der Waals surface area contributed by atoms with Crippen LogP contribution in [0.3, 0.4) is 0 Å². The highest BCUT2D eigenvalue weighted by atomic mass is 32.1. The van der Waals surface area contributed by atoms with Gasteiger partial charge < -0.3 is 21.1 Å². The summed E-state index contributed by atoms with van der Waals surface area (Å²) in [5.74, 6) is 0.753. The first-order valence-electron chi connectivity index (χ1n) is 7.65. The second kappa shape index (κ2) is 5.85. The van der Waals surface area contributed by atoms with Crippen LogP contribution in [0, 0.1) is 5.92 Å². The van der Waals surface area contributed by atoms with E-state index >= 15 is 0 Å². The maximum absolute atomic E-state index is 12.0. The molecule has 4 N–H and O–H groups in total. The summed E-state index contributed by atoms with van der Waals surface area (Å²) >= 11 is 1.51. The number of thiophene rings is 1. The molecule has 5 nitrogen and oxygen atoms in total. The second-order valence-electron chi connectivity index (χ2n) is 6.05. The van der Waals surface area contributed by atoms with Gasteiger partial charge in [0.15, 0.2) is 0 Å². The first-order chi connectivity index (χ1) is 10.2. The maximum atomic E-state index is 12.0. The molecule has 6 heteroatoms. The molecular weight excluding hydrogens is 286 g/mol. The van der Waals surface area contributed by atoms with Crippen molar-refractivity contribution in [3.63, 3.8) is 0 Å². The molecule has 1 unspecified atom stereocenters. The molecule has 1 saturated heterocycles. The van der Waals surface area contributed by atoms with Crippen LogP contribution >= 0.6 is 11.3 Å². The molecule has 3 rings (SSSR count). The van der Waals surface area contributed by atoms with Crippen molar-refractivity contribution in [1.82, 2.24) is 5.32 Å². The summed E-state index contributed by atoms with van der Waals surface area (Å²) in [5, 5.41) is 13.3. The van der Waals surface area contributed by atoms with Gasteiger partial charge in [-0.1, -0.05) is 0 Å². The molecule has 1 aliphatic carbocycles. The van der Waals surface area contributed by atoms with E-state index in [-0.39, 0.29) is 12.5 Å². The van der Waals surface area contributed by atoms with E-state index in [1.54, 1.807) is 7.05 Å². The van der Waals surface area contributed by atoms with Gasteiger partial charge in [-0.05, 0) is 37.5 Å². The quantitative estimate of drug-likeness (QED) is 0.792. The fraction of sp³-hybridized carbons (Fsp3) is 0.667. The standard InChI is InChI=1S/C15H23N3O2S/c1-17-14(20)13-12(16)11(10-4-5-10)15(21-13)18-6-2-3-9(7-18)8-19/h9-10,19H,2-8,16H2,1H3,(H,17,20). The number of aliphatic hydroxyl groups is 1. The lowest BCUT2D eigenvalue weighted by molar-refractivity contribution is 0.0968. The number of piperidine rings is 1. The minimum Gasteiger partial charge on any atom is -0.397 e. The van der Waals surface area contributed by atoms with Gasteiger partial charge in [0.2, 0.25) is 0 Å². The van der Waals surface area contributed by atoms with E-state index in [4.69, 9.17) is 5.73 Å². The number of rotatable bonds is 4. The number of nitrogen functional groups attached to an aromatic ring is 1. The lowest BCUT2D eigenvalue weighted by atomic mass is 9.98. The van der Waals surface area contributed by atoms with Gasteiger partial charge in [0.1, 0.15) is 4.88 Å². The van der Waals surface area contributed by atoms with Gasteiger partial charge in [-0.2, -0.15) is 0 Å². The van der Waals surface area contributed by atoms with Crippen LogP contribution < -0.4 is 16.0 Å². The zero-order valence-corrected chi connectivity index (χ0v) is 13.2. The minimum atomic E-state index is -0.0960. The molecule has 2 aliphatic rings. The third kappa shape index (κ3) is 2.74. The molecule has 0 aromatic carbocycles. The number of carbonyl (C=O) groups is 1. The zero-order chi connectivity index (χ0) is 15.0. The Hall–Kier alpha value is -1.27. The van der Waals surface area contributed by atoms with Gasteiger partial charge in [-0.3, -0.25) is 4.79 Å². The fourth-order valence-corrected chi connectivity index (χ4v) is 4.42. The molecule has 1 atom stereocenters. The molecule has 2 heterocycles. The number of carbonyl (C=O) groups excluding carboxylic acids is 1. The van der Waals surface area contributed by atoms with Gasteiger partial charge >= 0.3 is 0 Å². The highest BCUT2D eigenvalue weighted by molar-refractivity contribution is 7.18. The van der Waals surface area contributed by atoms with Crippen molar-refractivity contribution in [2.24, 2.45) is 5.92 Å². The number of aliphatic hydroxyl groups excluding tert-OH is 1. The monoisotopic (exact) mass is 309 g/mol. The Morgan fingerprint density at radius 3 is 2.86 bits per heavy atom. The molecule has 1 aromatic rings. The Kier molecular flexibility index (Phi) is 4.08. The molecule has 1 aliphatic heterocycles. The van der Waals surface area contributed by atoms with Crippen LogP contribution in [-0.4, -0.2) is 37.8 Å². The van der Waals surface area contributed by atoms with Gasteiger partial charge in [0.05, 0.1) is 10.7 Å². The number of nitrogens with two attached hydrogens (primary N) is 1. The van der Waals surface area contributed by atoms with Crippen LogP contribution in [0.5, 0.6) is 0 Å². The summed E-state index contributed by atoms with van der Waals surface area (Å²) in [6.45, 7) is 2.09. The molecule has 0 radical (unpaired) electrons. The average Bonchev–Trinajstić information content (AvgIpc) is 3.29. The number of hydrogen-bond acceptors (Lipinski definition) is 5. The van der Waals surface area contributed by atoms with Crippen molar-refractivity contribution in [2.75, 3.05) is 37.4 Å². The van der Waals surface area contributed by atoms with E-state index in [9.17, 15) is 9.90 Å². The summed E-state index contributed by atoms with van der Waals surface area (Å²) in [4.78, 5) is 15.0. The smallest absolute Gasteiger partial charge is 0.263 e. The molecule has 21 heavy (non-hydrogen) atoms. The summed E-state index contributed by atoms with van der Waals surface area (Å²) in [6.07, 6.45) is 4.49. The molecule has 1 saturated carbocycles. The molecule has 0 bridgehead atoms. The average molecular weight is 309 g/mol. The van der Waals surface area contributed by atoms with Crippen LogP contribution in [0.25, 0.3) is 0 Å². The van der Waals surface area contributed by atoms with Crippen LogP contribution in [0.15, 0.2) is 0 Å². The summed E-state index contributed by atoms with van der Waals surface area (Å²) in [6, 6.07) is 0. The summed E-state index contributed by atoms with van der Waals surface area (Å²) < 4.78 is 0. The molecule has 1 amide bonds. The second-order valence-corrected chi connectivity index (χ2v) is 7.05. The van der Waals surface area contributed by atoms with Crippen molar-refractivity contribution < 1.29 is 9.90 Å². The Morgan fingerprint density at radius 1 is 1.48 bits per heavy atom. The van der Waals surface area contributed by atoms with Crippen molar-refractivity contribution in [3.8, 4) is 0 Å². The molecule has 2 fully saturated rings. The minimum absolute atomic E-state index is 0.0960. The van der Waals surface area contributed by atoms with E-state index in [1.165, 1.54) is 29.7 Å². The number of nitrogens with zero attached hydrogens (tertiary/aromatic N) is 1. The third-order valence-corrected chi connectivity index (χ3v) is 5.73. The Balaban J connectivity index is 1.95. The van der Waals surface area contributed by atoms with Gasteiger partial charge in [-0.25, -0.2) is 0 Å². The van der Waals surface area contributed by atoms with Crippen molar-refractivity contribution in [3.05, 3.63) is 10.4 Å². The van der Waals surface area contributed by atoms with E-state index < -0.39 is 0 Å². The van der Waals surface area contributed by atoms with E-state index in [1.807, 2.05) is 0 Å². The normalized spacial score (nSPS) is 22.4. The molecule has 116 valence electrons. The van der Waals surface area contributed by atoms with Gasteiger partial charge in [0, 0.05) is 32.3 Å². The molecule has 0 spiro atoms. The number of amides is 1. The van der Waals surface area contributed by atoms with Gasteiger partial charge in [-0.15, -0.1) is 11.3 Å². The summed E-state index contributed by atoms with van der Waals surface area (Å²) in [5.41, 5.74) is 8.12. The van der Waals surface area contributed by atoms with Crippen LogP contribution in [-0.2, 0) is 0 Å². The lowest BCUT2D eigenvalue weighted by Gasteiger charge is -2.33. The largest absolute Gasteiger partial charge is 0.397 e. The van der Waals surface area contributed by atoms with Crippen molar-refractivity contribution >= 4 is 27.9 Å². The van der Waals surface area contributed by atoms with Crippen LogP contribution in [0.4, 0.5) is 10.7 Å². The number of nitrogens with one attached hydrogen (secondary N) is 1. The van der Waals surface area contributed by atoms with E-state index in [0.29, 0.717) is 22.4 Å². The van der Waals surface area contributed by atoms with Crippen molar-refractivity contribution in [2.45, 2.75) is 31.6 Å². The first-order valence-corrected chi connectivity index (χ1v) is 8.47. The predicted molar refractivity (Wildman–Crippen MR) is 86.1 cm³/mol. The van der Waals surface area contributed by atoms with Gasteiger partial charge in [0.25, 0.3) is 5.91 Å². The molecular formula is C15H23N3O2S. The molecule has 1 aromatic heterocycles. The SMILES string of the molecule is CNC(=O)c1sc(N2CCCC(CO)C2)c(C2CC2)c1N. The number of anilines is 2. The third-order valence-electron chi connectivity index (χ3n) is 4.45. The predicted octanol–water partition coefficient (Wildman–Crippen LogP) is 1.78. The summed E-state index contributed by atoms with van der Waals surface area (Å²) in [7, 11) is 1.64. The Bertz CT molecular complexity index is 539. The highest BCUT2D eigenvalue weighted by Gasteiger charge is 2.35. The number of hydrogen-bond donors (Lipinski definition) is 3. The van der Waals surface area contributed by atoms with E-state index in [0.717, 1.165) is 30.9 Å². The Morgan fingerprint density at radius 2 is 2.24 bits per heavy atom. The highest BCUT2D eigenvalue weighted by Crippen LogP contribution is 2.52. The van der Waals surface area contributed by atoms with Crippen LogP contribution in [0.1, 0.15) is 46.8 Å². The zero-order valence-electron chi connectivity index (χ0n) is 12.4. The topological polar surface area (TPSA) is 78.6 Å². The Labute approximate surface area is 129 Å².